The second kappa shape index (κ2) is 12.1. The molecule has 0 unspecified atom stereocenters. The van der Waals surface area contributed by atoms with Crippen molar-refractivity contribution < 1.29 is 13.9 Å². The summed E-state index contributed by atoms with van der Waals surface area (Å²) in [5.74, 6) is 1.37. The lowest BCUT2D eigenvalue weighted by Gasteiger charge is -2.38. The van der Waals surface area contributed by atoms with Crippen molar-refractivity contribution in [2.45, 2.75) is 69.8 Å². The number of fused-ring (bicyclic) bond motifs is 1. The Balaban J connectivity index is 1.13. The standard InChI is InChI=1S/C31H34FN9O3/c1-18(21-5-7-27(33-14-21)41-16-22(32)15-36-41)4-6-24(42)31(44-3)10-8-20(9-11-31)28-29-23(30(43)35-17-34-29)13-25(38-28)37-26-12-19(2)39-40-26/h5,7,12-18,20H,4,6,8-11H2,1-3H3,(H,34,35,43)(H2,37,38,39,40)/t18-,20?,31?/m1/s1. The molecule has 5 heterocycles. The van der Waals surface area contributed by atoms with Crippen molar-refractivity contribution in [2.24, 2.45) is 0 Å². The lowest BCUT2D eigenvalue weighted by Crippen LogP contribution is -2.44. The lowest BCUT2D eigenvalue weighted by atomic mass is 9.73. The summed E-state index contributed by atoms with van der Waals surface area (Å²) in [6, 6.07) is 7.26. The van der Waals surface area contributed by atoms with Gasteiger partial charge in [0, 0.05) is 37.4 Å². The number of methoxy groups -OCH3 is 1. The van der Waals surface area contributed by atoms with Crippen molar-refractivity contribution in [1.82, 2.24) is 39.9 Å². The summed E-state index contributed by atoms with van der Waals surface area (Å²) in [5, 5.41) is 14.7. The number of aromatic amines is 2. The second-order valence-corrected chi connectivity index (χ2v) is 11.5. The molecule has 1 atom stereocenters. The number of halogens is 1. The number of carbonyl (C=O) groups is 1. The number of ether oxygens (including phenoxy) is 1. The molecule has 3 N–H and O–H groups in total. The molecule has 0 saturated heterocycles. The highest BCUT2D eigenvalue weighted by molar-refractivity contribution is 5.88. The predicted octanol–water partition coefficient (Wildman–Crippen LogP) is 5.01. The van der Waals surface area contributed by atoms with Gasteiger partial charge in [0.15, 0.2) is 23.2 Å². The third-order valence-electron chi connectivity index (χ3n) is 8.62. The van der Waals surface area contributed by atoms with Crippen LogP contribution in [0.1, 0.15) is 74.2 Å². The SMILES string of the molecule is COC1(C(=O)CC[C@@H](C)c2ccc(-n3cc(F)cn3)nc2)CCC(c2nc(Nc3cc(C)[nH]n3)cc3c(=O)[nH]cnc23)CC1. The van der Waals surface area contributed by atoms with E-state index in [2.05, 4.69) is 42.5 Å². The van der Waals surface area contributed by atoms with Gasteiger partial charge < -0.3 is 15.0 Å². The maximum atomic E-state index is 13.6. The number of H-pyrrole nitrogens is 2. The minimum Gasteiger partial charge on any atom is -0.370 e. The largest absolute Gasteiger partial charge is 0.370 e. The average Bonchev–Trinajstić information content (AvgIpc) is 3.67. The van der Waals surface area contributed by atoms with Gasteiger partial charge >= 0.3 is 0 Å². The summed E-state index contributed by atoms with van der Waals surface area (Å²) in [4.78, 5) is 42.7. The third-order valence-corrected chi connectivity index (χ3v) is 8.62. The minimum atomic E-state index is -0.869. The van der Waals surface area contributed by atoms with Crippen LogP contribution in [0.3, 0.4) is 0 Å². The summed E-state index contributed by atoms with van der Waals surface area (Å²) in [6.07, 6.45) is 8.97. The zero-order chi connectivity index (χ0) is 30.8. The van der Waals surface area contributed by atoms with E-state index in [4.69, 9.17) is 9.72 Å². The zero-order valence-electron chi connectivity index (χ0n) is 24.8. The number of carbonyl (C=O) groups excluding carboxylic acids is 1. The molecular formula is C31H34FN9O3. The van der Waals surface area contributed by atoms with Gasteiger partial charge in [-0.2, -0.15) is 10.2 Å². The van der Waals surface area contributed by atoms with Crippen LogP contribution < -0.4 is 10.9 Å². The Morgan fingerprint density at radius 1 is 1.20 bits per heavy atom. The van der Waals surface area contributed by atoms with E-state index in [0.29, 0.717) is 66.9 Å². The minimum absolute atomic E-state index is 0.00248. The molecule has 0 bridgehead atoms. The zero-order valence-corrected chi connectivity index (χ0v) is 24.8. The number of anilines is 2. The molecular weight excluding hydrogens is 565 g/mol. The van der Waals surface area contributed by atoms with E-state index in [9.17, 15) is 14.0 Å². The fourth-order valence-electron chi connectivity index (χ4n) is 6.01. The molecule has 13 heteroatoms. The highest BCUT2D eigenvalue weighted by atomic mass is 19.1. The quantitative estimate of drug-likeness (QED) is 0.201. The summed E-state index contributed by atoms with van der Waals surface area (Å²) in [6.45, 7) is 3.96. The molecule has 1 saturated carbocycles. The number of nitrogens with one attached hydrogen (secondary N) is 3. The molecule has 1 aliphatic rings. The Morgan fingerprint density at radius 3 is 2.68 bits per heavy atom. The normalized spacial score (nSPS) is 19.2. The van der Waals surface area contributed by atoms with Crippen LogP contribution in [0, 0.1) is 12.7 Å². The van der Waals surface area contributed by atoms with Crippen molar-refractivity contribution in [3.63, 3.8) is 0 Å². The van der Waals surface area contributed by atoms with E-state index in [1.807, 2.05) is 19.1 Å². The highest BCUT2D eigenvalue weighted by Crippen LogP contribution is 2.42. The fourth-order valence-corrected chi connectivity index (χ4v) is 6.01. The van der Waals surface area contributed by atoms with E-state index >= 15 is 0 Å². The first-order chi connectivity index (χ1) is 21.2. The first kappa shape index (κ1) is 29.3. The smallest absolute Gasteiger partial charge is 0.258 e. The number of Topliss-reactive ketones (excluding diaryl/α,β-unsaturated/α-hetero) is 1. The molecule has 5 aromatic heterocycles. The van der Waals surface area contributed by atoms with Gasteiger partial charge in [-0.15, -0.1) is 0 Å². The van der Waals surface area contributed by atoms with Crippen molar-refractivity contribution in [3.8, 4) is 5.82 Å². The van der Waals surface area contributed by atoms with Crippen LogP contribution in [0.2, 0.25) is 0 Å². The summed E-state index contributed by atoms with van der Waals surface area (Å²) >= 11 is 0. The van der Waals surface area contributed by atoms with E-state index in [-0.39, 0.29) is 23.2 Å². The van der Waals surface area contributed by atoms with E-state index in [0.717, 1.165) is 23.1 Å². The molecule has 44 heavy (non-hydrogen) atoms. The summed E-state index contributed by atoms with van der Waals surface area (Å²) in [5.41, 5.74) is 2.06. The molecule has 6 rings (SSSR count). The molecule has 0 aliphatic heterocycles. The van der Waals surface area contributed by atoms with Gasteiger partial charge in [0.1, 0.15) is 11.4 Å². The molecule has 0 spiro atoms. The number of rotatable bonds is 10. The Hall–Kier alpha value is -4.78. The fraction of sp³-hybridized carbons (Fsp3) is 0.387. The molecule has 1 aliphatic carbocycles. The number of aryl methyl sites for hydroxylation is 1. The van der Waals surface area contributed by atoms with E-state index < -0.39 is 11.4 Å². The molecule has 0 radical (unpaired) electrons. The van der Waals surface area contributed by atoms with Gasteiger partial charge in [-0.1, -0.05) is 13.0 Å². The van der Waals surface area contributed by atoms with Crippen LogP contribution in [0.5, 0.6) is 0 Å². The number of hydrogen-bond acceptors (Lipinski definition) is 9. The highest BCUT2D eigenvalue weighted by Gasteiger charge is 2.42. The lowest BCUT2D eigenvalue weighted by molar-refractivity contribution is -0.145. The van der Waals surface area contributed by atoms with E-state index in [1.54, 1.807) is 25.4 Å². The maximum Gasteiger partial charge on any atom is 0.258 e. The number of pyridine rings is 2. The molecule has 0 amide bonds. The van der Waals surface area contributed by atoms with Gasteiger partial charge in [-0.05, 0) is 62.6 Å². The molecule has 12 nitrogen and oxygen atoms in total. The number of aromatic nitrogens is 8. The van der Waals surface area contributed by atoms with Crippen molar-refractivity contribution in [3.05, 3.63) is 82.3 Å². The van der Waals surface area contributed by atoms with Crippen LogP contribution in [0.25, 0.3) is 16.7 Å². The topological polar surface area (TPSA) is 156 Å². The van der Waals surface area contributed by atoms with Gasteiger partial charge in [-0.3, -0.25) is 14.7 Å². The van der Waals surface area contributed by atoms with Gasteiger partial charge in [0.25, 0.3) is 5.56 Å². The van der Waals surface area contributed by atoms with Crippen LogP contribution in [0.15, 0.2) is 54.0 Å². The van der Waals surface area contributed by atoms with Gasteiger partial charge in [0.05, 0.1) is 35.3 Å². The Labute approximate surface area is 252 Å². The first-order valence-corrected chi connectivity index (χ1v) is 14.7. The van der Waals surface area contributed by atoms with Crippen LogP contribution in [0.4, 0.5) is 16.0 Å². The number of ketones is 1. The Bertz CT molecular complexity index is 1840. The second-order valence-electron chi connectivity index (χ2n) is 11.5. The Morgan fingerprint density at radius 2 is 2.02 bits per heavy atom. The first-order valence-electron chi connectivity index (χ1n) is 14.7. The molecule has 1 fully saturated rings. The molecule has 5 aromatic rings. The monoisotopic (exact) mass is 599 g/mol. The molecule has 228 valence electrons. The van der Waals surface area contributed by atoms with Crippen LogP contribution >= 0.6 is 0 Å². The van der Waals surface area contributed by atoms with Gasteiger partial charge in [-0.25, -0.2) is 24.0 Å². The average molecular weight is 600 g/mol. The third kappa shape index (κ3) is 5.87. The number of hydrogen-bond donors (Lipinski definition) is 3. The predicted molar refractivity (Wildman–Crippen MR) is 162 cm³/mol. The summed E-state index contributed by atoms with van der Waals surface area (Å²) < 4.78 is 20.6. The van der Waals surface area contributed by atoms with Crippen molar-refractivity contribution in [1.29, 1.82) is 0 Å². The number of nitrogens with zero attached hydrogens (tertiary/aromatic N) is 6. The van der Waals surface area contributed by atoms with Crippen molar-refractivity contribution >= 4 is 28.3 Å². The Kier molecular flexibility index (Phi) is 8.04. The van der Waals surface area contributed by atoms with Crippen molar-refractivity contribution in [2.75, 3.05) is 12.4 Å². The van der Waals surface area contributed by atoms with Crippen LogP contribution in [-0.2, 0) is 9.53 Å². The summed E-state index contributed by atoms with van der Waals surface area (Å²) in [7, 11) is 1.60. The molecule has 0 aromatic carbocycles. The van der Waals surface area contributed by atoms with Crippen LogP contribution in [-0.4, -0.2) is 58.4 Å². The van der Waals surface area contributed by atoms with E-state index in [1.165, 1.54) is 17.2 Å². The van der Waals surface area contributed by atoms with Gasteiger partial charge in [0.2, 0.25) is 0 Å². The maximum absolute atomic E-state index is 13.6.